The van der Waals surface area contributed by atoms with Crippen molar-refractivity contribution in [1.82, 2.24) is 5.32 Å². The third-order valence-corrected chi connectivity index (χ3v) is 3.09. The molecule has 0 aromatic rings. The van der Waals surface area contributed by atoms with Crippen LogP contribution in [0, 0.1) is 11.3 Å². The molecule has 0 spiro atoms. The first-order chi connectivity index (χ1) is 5.55. The second kappa shape index (κ2) is 3.78. The number of hydrogen-bond acceptors (Lipinski definition) is 1. The van der Waals surface area contributed by atoms with Gasteiger partial charge in [0.2, 0.25) is 0 Å². The van der Waals surface area contributed by atoms with E-state index < -0.39 is 0 Å². The highest BCUT2D eigenvalue weighted by Gasteiger charge is 2.34. The zero-order valence-electron chi connectivity index (χ0n) is 8.98. The Balaban J connectivity index is 2.52. The third-order valence-electron chi connectivity index (χ3n) is 3.09. The molecule has 1 saturated carbocycles. The maximum atomic E-state index is 3.60. The molecule has 0 aliphatic heterocycles. The molecule has 1 fully saturated rings. The van der Waals surface area contributed by atoms with Crippen LogP contribution in [-0.2, 0) is 0 Å². The van der Waals surface area contributed by atoms with Crippen LogP contribution in [0.5, 0.6) is 0 Å². The Morgan fingerprint density at radius 1 is 1.25 bits per heavy atom. The molecule has 0 heterocycles. The van der Waals surface area contributed by atoms with Gasteiger partial charge in [-0.2, -0.15) is 0 Å². The average Bonchev–Trinajstić information content (AvgIpc) is 2.34. The van der Waals surface area contributed by atoms with Gasteiger partial charge in [-0.15, -0.1) is 0 Å². The predicted octanol–water partition coefficient (Wildman–Crippen LogP) is 2.81. The van der Waals surface area contributed by atoms with E-state index in [4.69, 9.17) is 0 Å². The van der Waals surface area contributed by atoms with Gasteiger partial charge in [-0.3, -0.25) is 0 Å². The molecule has 1 rings (SSSR count). The van der Waals surface area contributed by atoms with Crippen molar-refractivity contribution in [2.75, 3.05) is 6.54 Å². The van der Waals surface area contributed by atoms with E-state index in [1.165, 1.54) is 19.3 Å². The van der Waals surface area contributed by atoms with Gasteiger partial charge in [0.15, 0.2) is 0 Å². The molecule has 2 unspecified atom stereocenters. The Morgan fingerprint density at radius 2 is 1.92 bits per heavy atom. The molecule has 72 valence electrons. The molecule has 0 amide bonds. The summed E-state index contributed by atoms with van der Waals surface area (Å²) in [6, 6.07) is 0.787. The van der Waals surface area contributed by atoms with Crippen LogP contribution >= 0.6 is 0 Å². The summed E-state index contributed by atoms with van der Waals surface area (Å²) in [5.74, 6) is 0.887. The highest BCUT2D eigenvalue weighted by atomic mass is 14.9. The zero-order valence-corrected chi connectivity index (χ0v) is 8.98. The molecule has 1 aliphatic rings. The van der Waals surface area contributed by atoms with Crippen LogP contribution in [0.3, 0.4) is 0 Å². The SMILES string of the molecule is CCNC1CCCC1C(C)(C)C. The lowest BCUT2D eigenvalue weighted by atomic mass is 9.77. The van der Waals surface area contributed by atoms with Crippen LogP contribution < -0.4 is 5.32 Å². The van der Waals surface area contributed by atoms with Gasteiger partial charge in [-0.1, -0.05) is 34.1 Å². The van der Waals surface area contributed by atoms with Crippen molar-refractivity contribution in [2.45, 2.75) is 53.0 Å². The predicted molar refractivity (Wildman–Crippen MR) is 54.3 cm³/mol. The van der Waals surface area contributed by atoms with E-state index in [1.807, 2.05) is 0 Å². The molecule has 0 radical (unpaired) electrons. The summed E-state index contributed by atoms with van der Waals surface area (Å²) in [5.41, 5.74) is 0.489. The smallest absolute Gasteiger partial charge is 0.0100 e. The maximum Gasteiger partial charge on any atom is 0.0100 e. The van der Waals surface area contributed by atoms with Crippen LogP contribution in [0.4, 0.5) is 0 Å². The highest BCUT2D eigenvalue weighted by Crippen LogP contribution is 2.39. The summed E-state index contributed by atoms with van der Waals surface area (Å²) in [6.45, 7) is 10.4. The summed E-state index contributed by atoms with van der Waals surface area (Å²) in [7, 11) is 0. The van der Waals surface area contributed by atoms with Gasteiger partial charge < -0.3 is 5.32 Å². The Morgan fingerprint density at radius 3 is 2.42 bits per heavy atom. The Hall–Kier alpha value is -0.0400. The van der Waals surface area contributed by atoms with Gasteiger partial charge >= 0.3 is 0 Å². The van der Waals surface area contributed by atoms with Gasteiger partial charge in [0.1, 0.15) is 0 Å². The van der Waals surface area contributed by atoms with E-state index in [-0.39, 0.29) is 0 Å². The molecule has 0 saturated heterocycles. The van der Waals surface area contributed by atoms with Crippen LogP contribution in [0.25, 0.3) is 0 Å². The fraction of sp³-hybridized carbons (Fsp3) is 1.00. The number of nitrogens with one attached hydrogen (secondary N) is 1. The Kier molecular flexibility index (Phi) is 3.16. The van der Waals surface area contributed by atoms with Gasteiger partial charge in [0.25, 0.3) is 0 Å². The van der Waals surface area contributed by atoms with Crippen molar-refractivity contribution < 1.29 is 0 Å². The summed E-state index contributed by atoms with van der Waals surface area (Å²) < 4.78 is 0. The zero-order chi connectivity index (χ0) is 9.19. The monoisotopic (exact) mass is 169 g/mol. The fourth-order valence-corrected chi connectivity index (χ4v) is 2.50. The lowest BCUT2D eigenvalue weighted by molar-refractivity contribution is 0.205. The van der Waals surface area contributed by atoms with Gasteiger partial charge in [-0.05, 0) is 30.7 Å². The number of rotatable bonds is 2. The summed E-state index contributed by atoms with van der Waals surface area (Å²) >= 11 is 0. The first-order valence-electron chi connectivity index (χ1n) is 5.29. The van der Waals surface area contributed by atoms with Gasteiger partial charge in [-0.25, -0.2) is 0 Å². The molecule has 1 N–H and O–H groups in total. The quantitative estimate of drug-likeness (QED) is 0.670. The maximum absolute atomic E-state index is 3.60. The molecule has 0 bridgehead atoms. The van der Waals surface area contributed by atoms with E-state index in [9.17, 15) is 0 Å². The van der Waals surface area contributed by atoms with Gasteiger partial charge in [0, 0.05) is 6.04 Å². The van der Waals surface area contributed by atoms with E-state index in [0.717, 1.165) is 18.5 Å². The van der Waals surface area contributed by atoms with Crippen molar-refractivity contribution in [3.05, 3.63) is 0 Å². The van der Waals surface area contributed by atoms with Gasteiger partial charge in [0.05, 0.1) is 0 Å². The van der Waals surface area contributed by atoms with Crippen LogP contribution in [0.1, 0.15) is 47.0 Å². The van der Waals surface area contributed by atoms with Crippen molar-refractivity contribution in [3.8, 4) is 0 Å². The van der Waals surface area contributed by atoms with Crippen molar-refractivity contribution in [3.63, 3.8) is 0 Å². The third kappa shape index (κ3) is 2.22. The molecule has 0 aromatic heterocycles. The van der Waals surface area contributed by atoms with E-state index in [0.29, 0.717) is 5.41 Å². The van der Waals surface area contributed by atoms with E-state index in [2.05, 4.69) is 33.0 Å². The molecule has 1 nitrogen and oxygen atoms in total. The molecule has 0 aromatic carbocycles. The molecule has 1 heteroatoms. The second-order valence-electron chi connectivity index (χ2n) is 5.07. The Bertz CT molecular complexity index is 134. The summed E-state index contributed by atoms with van der Waals surface area (Å²) in [6.07, 6.45) is 4.22. The largest absolute Gasteiger partial charge is 0.314 e. The first-order valence-corrected chi connectivity index (χ1v) is 5.29. The molecule has 2 atom stereocenters. The Labute approximate surface area is 76.9 Å². The number of hydrogen-bond donors (Lipinski definition) is 1. The molecule has 1 aliphatic carbocycles. The minimum absolute atomic E-state index is 0.489. The summed E-state index contributed by atoms with van der Waals surface area (Å²) in [5, 5.41) is 3.60. The standard InChI is InChI=1S/C11H23N/c1-5-12-10-8-6-7-9(10)11(2,3)4/h9-10,12H,5-8H2,1-4H3. The van der Waals surface area contributed by atoms with Crippen LogP contribution in [0.2, 0.25) is 0 Å². The topological polar surface area (TPSA) is 12.0 Å². The second-order valence-corrected chi connectivity index (χ2v) is 5.07. The van der Waals surface area contributed by atoms with E-state index >= 15 is 0 Å². The molecular weight excluding hydrogens is 146 g/mol. The lowest BCUT2D eigenvalue weighted by Gasteiger charge is -2.32. The highest BCUT2D eigenvalue weighted by molar-refractivity contribution is 4.89. The lowest BCUT2D eigenvalue weighted by Crippen LogP contribution is -2.38. The summed E-state index contributed by atoms with van der Waals surface area (Å²) in [4.78, 5) is 0. The minimum atomic E-state index is 0.489. The van der Waals surface area contributed by atoms with E-state index in [1.54, 1.807) is 0 Å². The minimum Gasteiger partial charge on any atom is -0.314 e. The van der Waals surface area contributed by atoms with Crippen LogP contribution in [-0.4, -0.2) is 12.6 Å². The van der Waals surface area contributed by atoms with Crippen LogP contribution in [0.15, 0.2) is 0 Å². The average molecular weight is 169 g/mol. The molecule has 12 heavy (non-hydrogen) atoms. The first kappa shape index (κ1) is 10.0. The fourth-order valence-electron chi connectivity index (χ4n) is 2.50. The molecular formula is C11H23N. The van der Waals surface area contributed by atoms with Crippen molar-refractivity contribution in [2.24, 2.45) is 11.3 Å². The normalized spacial score (nSPS) is 31.0. The van der Waals surface area contributed by atoms with Crippen molar-refractivity contribution >= 4 is 0 Å². The van der Waals surface area contributed by atoms with Crippen molar-refractivity contribution in [1.29, 1.82) is 0 Å².